The SMILES string of the molecule is CC(C)CC(NC(=O)C1CCCN1C(=O)C(N)CCCCN)C(=O)NC(C)C(=O)O. The normalized spacial score (nSPS) is 19.3. The third-order valence-corrected chi connectivity index (χ3v) is 5.19. The molecule has 1 saturated heterocycles. The van der Waals surface area contributed by atoms with Gasteiger partial charge in [0.25, 0.3) is 0 Å². The number of carboxylic acids is 1. The number of rotatable bonds is 12. The van der Waals surface area contributed by atoms with Gasteiger partial charge in [-0.3, -0.25) is 19.2 Å². The molecule has 0 aliphatic carbocycles. The molecule has 0 aromatic heterocycles. The molecule has 7 N–H and O–H groups in total. The van der Waals surface area contributed by atoms with Crippen molar-refractivity contribution in [3.8, 4) is 0 Å². The molecule has 0 saturated carbocycles. The summed E-state index contributed by atoms with van der Waals surface area (Å²) < 4.78 is 0. The Morgan fingerprint density at radius 1 is 1.13 bits per heavy atom. The van der Waals surface area contributed by atoms with Crippen molar-refractivity contribution in [2.75, 3.05) is 13.1 Å². The van der Waals surface area contributed by atoms with Gasteiger partial charge in [-0.05, 0) is 51.5 Å². The molecule has 0 aromatic rings. The first-order chi connectivity index (χ1) is 14.1. The zero-order valence-electron chi connectivity index (χ0n) is 18.2. The maximum absolute atomic E-state index is 12.9. The highest BCUT2D eigenvalue weighted by atomic mass is 16.4. The van der Waals surface area contributed by atoms with Crippen LogP contribution in [0, 0.1) is 5.92 Å². The fraction of sp³-hybridized carbons (Fsp3) is 0.800. The van der Waals surface area contributed by atoms with Gasteiger partial charge in [-0.25, -0.2) is 0 Å². The lowest BCUT2D eigenvalue weighted by Crippen LogP contribution is -2.56. The highest BCUT2D eigenvalue weighted by molar-refractivity contribution is 5.94. The topological polar surface area (TPSA) is 168 Å². The number of amides is 3. The third-order valence-electron chi connectivity index (χ3n) is 5.19. The molecule has 1 heterocycles. The predicted octanol–water partition coefficient (Wildman–Crippen LogP) is -0.446. The highest BCUT2D eigenvalue weighted by Gasteiger charge is 2.37. The van der Waals surface area contributed by atoms with Crippen LogP contribution in [0.25, 0.3) is 0 Å². The van der Waals surface area contributed by atoms with Crippen molar-refractivity contribution in [1.29, 1.82) is 0 Å². The van der Waals surface area contributed by atoms with Crippen molar-refractivity contribution in [3.05, 3.63) is 0 Å². The van der Waals surface area contributed by atoms with Crippen LogP contribution in [0.5, 0.6) is 0 Å². The third kappa shape index (κ3) is 7.91. The van der Waals surface area contributed by atoms with Crippen LogP contribution in [0.4, 0.5) is 0 Å². The van der Waals surface area contributed by atoms with Crippen molar-refractivity contribution >= 4 is 23.7 Å². The Morgan fingerprint density at radius 3 is 2.37 bits per heavy atom. The molecule has 0 spiro atoms. The van der Waals surface area contributed by atoms with Gasteiger partial charge in [0.2, 0.25) is 17.7 Å². The average Bonchev–Trinajstić information content (AvgIpc) is 3.16. The maximum atomic E-state index is 12.9. The Balaban J connectivity index is 2.79. The summed E-state index contributed by atoms with van der Waals surface area (Å²) in [6.45, 7) is 6.14. The van der Waals surface area contributed by atoms with Crippen molar-refractivity contribution in [1.82, 2.24) is 15.5 Å². The molecule has 4 atom stereocenters. The summed E-state index contributed by atoms with van der Waals surface area (Å²) in [4.78, 5) is 50.6. The van der Waals surface area contributed by atoms with Gasteiger partial charge < -0.3 is 32.1 Å². The largest absolute Gasteiger partial charge is 0.480 e. The van der Waals surface area contributed by atoms with Crippen LogP contribution in [-0.2, 0) is 19.2 Å². The van der Waals surface area contributed by atoms with E-state index >= 15 is 0 Å². The molecule has 1 fully saturated rings. The minimum atomic E-state index is -1.16. The summed E-state index contributed by atoms with van der Waals surface area (Å²) in [6.07, 6.45) is 3.55. The van der Waals surface area contributed by atoms with E-state index < -0.39 is 42.0 Å². The van der Waals surface area contributed by atoms with Crippen molar-refractivity contribution in [3.63, 3.8) is 0 Å². The lowest BCUT2D eigenvalue weighted by molar-refractivity contribution is -0.142. The number of carboxylic acid groups (broad SMARTS) is 1. The average molecular weight is 428 g/mol. The van der Waals surface area contributed by atoms with Crippen LogP contribution >= 0.6 is 0 Å². The van der Waals surface area contributed by atoms with E-state index in [1.807, 2.05) is 13.8 Å². The van der Waals surface area contributed by atoms with E-state index in [1.54, 1.807) is 0 Å². The fourth-order valence-electron chi connectivity index (χ4n) is 3.49. The van der Waals surface area contributed by atoms with E-state index in [0.717, 1.165) is 12.8 Å². The van der Waals surface area contributed by atoms with Gasteiger partial charge in [0.05, 0.1) is 6.04 Å². The standard InChI is InChI=1S/C20H37N5O5/c1-12(2)11-15(17(26)23-13(3)20(29)30)24-18(27)16-8-6-10-25(16)19(28)14(22)7-4-5-9-21/h12-16H,4-11,21-22H2,1-3H3,(H,23,26)(H,24,27)(H,29,30). The highest BCUT2D eigenvalue weighted by Crippen LogP contribution is 2.20. The summed E-state index contributed by atoms with van der Waals surface area (Å²) in [5.41, 5.74) is 11.5. The van der Waals surface area contributed by atoms with Gasteiger partial charge in [-0.2, -0.15) is 0 Å². The number of nitrogens with zero attached hydrogens (tertiary/aromatic N) is 1. The lowest BCUT2D eigenvalue weighted by Gasteiger charge is -2.29. The van der Waals surface area contributed by atoms with Gasteiger partial charge in [0, 0.05) is 6.54 Å². The molecular formula is C20H37N5O5. The second-order valence-electron chi connectivity index (χ2n) is 8.34. The minimum Gasteiger partial charge on any atom is -0.480 e. The van der Waals surface area contributed by atoms with E-state index in [4.69, 9.17) is 16.6 Å². The smallest absolute Gasteiger partial charge is 0.325 e. The summed E-state index contributed by atoms with van der Waals surface area (Å²) in [5.74, 6) is -2.30. The van der Waals surface area contributed by atoms with Crippen LogP contribution < -0.4 is 22.1 Å². The second kappa shape index (κ2) is 12.5. The van der Waals surface area contributed by atoms with Gasteiger partial charge in [-0.15, -0.1) is 0 Å². The Labute approximate surface area is 178 Å². The molecule has 1 rings (SSSR count). The minimum absolute atomic E-state index is 0.0958. The number of hydrogen-bond donors (Lipinski definition) is 5. The number of carbonyl (C=O) groups excluding carboxylic acids is 3. The molecule has 1 aliphatic rings. The summed E-state index contributed by atoms with van der Waals surface area (Å²) in [6, 6.07) is -3.32. The van der Waals surface area contributed by atoms with Crippen LogP contribution in [0.1, 0.15) is 59.3 Å². The van der Waals surface area contributed by atoms with Crippen molar-refractivity contribution in [2.24, 2.45) is 17.4 Å². The van der Waals surface area contributed by atoms with E-state index in [0.29, 0.717) is 38.8 Å². The first-order valence-corrected chi connectivity index (χ1v) is 10.7. The second-order valence-corrected chi connectivity index (χ2v) is 8.34. The predicted molar refractivity (Wildman–Crippen MR) is 112 cm³/mol. The zero-order valence-corrected chi connectivity index (χ0v) is 18.2. The molecule has 10 heteroatoms. The Kier molecular flexibility index (Phi) is 10.8. The van der Waals surface area contributed by atoms with E-state index in [1.165, 1.54) is 11.8 Å². The van der Waals surface area contributed by atoms with Gasteiger partial charge in [0.15, 0.2) is 0 Å². The first-order valence-electron chi connectivity index (χ1n) is 10.7. The summed E-state index contributed by atoms with van der Waals surface area (Å²) in [5, 5.41) is 14.1. The van der Waals surface area contributed by atoms with Crippen LogP contribution in [0.15, 0.2) is 0 Å². The van der Waals surface area contributed by atoms with Crippen LogP contribution in [0.3, 0.4) is 0 Å². The Hall–Kier alpha value is -2.20. The Morgan fingerprint density at radius 2 is 1.80 bits per heavy atom. The molecule has 0 radical (unpaired) electrons. The molecule has 0 bridgehead atoms. The quantitative estimate of drug-likeness (QED) is 0.263. The number of unbranched alkanes of at least 4 members (excludes halogenated alkanes) is 1. The van der Waals surface area contributed by atoms with Crippen molar-refractivity contribution < 1.29 is 24.3 Å². The number of aliphatic carboxylic acids is 1. The first kappa shape index (κ1) is 25.8. The number of nitrogens with one attached hydrogen (secondary N) is 2. The molecule has 1 aliphatic heterocycles. The van der Waals surface area contributed by atoms with Gasteiger partial charge in [0.1, 0.15) is 18.1 Å². The van der Waals surface area contributed by atoms with E-state index in [-0.39, 0.29) is 11.8 Å². The maximum Gasteiger partial charge on any atom is 0.325 e. The molecule has 30 heavy (non-hydrogen) atoms. The van der Waals surface area contributed by atoms with Crippen LogP contribution in [0.2, 0.25) is 0 Å². The zero-order chi connectivity index (χ0) is 22.8. The number of nitrogens with two attached hydrogens (primary N) is 2. The van der Waals surface area contributed by atoms with Crippen molar-refractivity contribution in [2.45, 2.75) is 83.5 Å². The number of likely N-dealkylation sites (tertiary alicyclic amines) is 1. The van der Waals surface area contributed by atoms with Gasteiger partial charge in [-0.1, -0.05) is 20.3 Å². The summed E-state index contributed by atoms with van der Waals surface area (Å²) in [7, 11) is 0. The summed E-state index contributed by atoms with van der Waals surface area (Å²) >= 11 is 0. The molecule has 4 unspecified atom stereocenters. The number of hydrogen-bond acceptors (Lipinski definition) is 6. The van der Waals surface area contributed by atoms with E-state index in [2.05, 4.69) is 10.6 Å². The molecule has 3 amide bonds. The molecule has 10 nitrogen and oxygen atoms in total. The van der Waals surface area contributed by atoms with E-state index in [9.17, 15) is 19.2 Å². The van der Waals surface area contributed by atoms with Gasteiger partial charge >= 0.3 is 5.97 Å². The van der Waals surface area contributed by atoms with Crippen LogP contribution in [-0.4, -0.2) is 71.0 Å². The monoisotopic (exact) mass is 427 g/mol. The molecule has 172 valence electrons. The number of carbonyl (C=O) groups is 4. The molecular weight excluding hydrogens is 390 g/mol. The molecule has 0 aromatic carbocycles. The fourth-order valence-corrected chi connectivity index (χ4v) is 3.49. The lowest BCUT2D eigenvalue weighted by atomic mass is 10.0. The Bertz CT molecular complexity index is 612.